The van der Waals surface area contributed by atoms with Gasteiger partial charge in [0.2, 0.25) is 5.13 Å². The number of hydrogen-bond donors (Lipinski definition) is 2. The van der Waals surface area contributed by atoms with E-state index in [1.807, 2.05) is 35.7 Å². The molecule has 3 aromatic rings. The van der Waals surface area contributed by atoms with Crippen molar-refractivity contribution >= 4 is 56.7 Å². The van der Waals surface area contributed by atoms with Gasteiger partial charge in [0.25, 0.3) is 0 Å². The van der Waals surface area contributed by atoms with Crippen LogP contribution in [0.25, 0.3) is 10.6 Å². The van der Waals surface area contributed by atoms with Gasteiger partial charge in [0, 0.05) is 10.6 Å². The van der Waals surface area contributed by atoms with E-state index in [2.05, 4.69) is 25.6 Å². The minimum atomic E-state index is -0.549. The summed E-state index contributed by atoms with van der Waals surface area (Å²) in [7, 11) is 1.31. The molecule has 3 rings (SSSR count). The van der Waals surface area contributed by atoms with Gasteiger partial charge in [-0.05, 0) is 17.5 Å². The number of rotatable bonds is 5. The number of anilines is 2. The van der Waals surface area contributed by atoms with Gasteiger partial charge >= 0.3 is 6.09 Å². The molecule has 0 aliphatic rings. The Balaban J connectivity index is 1.81. The highest BCUT2D eigenvalue weighted by molar-refractivity contribution is 7.21. The monoisotopic (exact) mass is 392 g/mol. The summed E-state index contributed by atoms with van der Waals surface area (Å²) in [6, 6.07) is 11.2. The van der Waals surface area contributed by atoms with Gasteiger partial charge in [-0.15, -0.1) is 11.3 Å². The van der Waals surface area contributed by atoms with Gasteiger partial charge in [-0.3, -0.25) is 10.7 Å². The number of hydrogen-bond acceptors (Lipinski definition) is 7. The number of thiazole rings is 1. The number of methoxy groups -OCH3 is 1. The number of thiophene rings is 1. The second-order valence-electron chi connectivity index (χ2n) is 4.68. The van der Waals surface area contributed by atoms with Gasteiger partial charge in [-0.25, -0.2) is 9.78 Å². The zero-order valence-electron chi connectivity index (χ0n) is 13.0. The molecule has 0 saturated carbocycles. The lowest BCUT2D eigenvalue weighted by Crippen LogP contribution is -2.10. The van der Waals surface area contributed by atoms with Crippen molar-refractivity contribution in [1.29, 1.82) is 0 Å². The van der Waals surface area contributed by atoms with Crippen LogP contribution < -0.4 is 10.7 Å². The van der Waals surface area contributed by atoms with Gasteiger partial charge in [-0.1, -0.05) is 47.2 Å². The molecule has 2 heterocycles. The molecular formula is C16H13ClN4O2S2. The number of aromatic nitrogens is 1. The maximum absolute atomic E-state index is 11.5. The molecule has 0 atom stereocenters. The van der Waals surface area contributed by atoms with Crippen LogP contribution in [0.3, 0.4) is 0 Å². The van der Waals surface area contributed by atoms with Gasteiger partial charge in [0.05, 0.1) is 18.2 Å². The molecule has 2 aromatic heterocycles. The van der Waals surface area contributed by atoms with Crippen molar-refractivity contribution in [3.8, 4) is 10.6 Å². The number of hydrazone groups is 1. The lowest BCUT2D eigenvalue weighted by molar-refractivity contribution is 0.187. The first-order valence-corrected chi connectivity index (χ1v) is 9.18. The zero-order valence-corrected chi connectivity index (χ0v) is 15.4. The molecule has 6 nitrogen and oxygen atoms in total. The second kappa shape index (κ2) is 8.11. The standard InChI is InChI=1S/C16H13ClN4O2S2/c1-23-16(22)20-14-13(12-7-4-8-24-12)19-15(25-14)21-18-9-10-5-2-3-6-11(10)17/h2-9H,1H3,(H,19,21)(H,20,22)/b18-9+. The van der Waals surface area contributed by atoms with Crippen molar-refractivity contribution in [2.24, 2.45) is 5.10 Å². The van der Waals surface area contributed by atoms with Crippen LogP contribution in [0.4, 0.5) is 14.9 Å². The first-order chi connectivity index (χ1) is 12.2. The molecule has 0 fully saturated rings. The third kappa shape index (κ3) is 4.36. The van der Waals surface area contributed by atoms with Gasteiger partial charge in [0.15, 0.2) is 0 Å². The minimum absolute atomic E-state index is 0.540. The Morgan fingerprint density at radius 2 is 2.16 bits per heavy atom. The van der Waals surface area contributed by atoms with E-state index >= 15 is 0 Å². The van der Waals surface area contributed by atoms with E-state index in [0.29, 0.717) is 20.8 Å². The Morgan fingerprint density at radius 1 is 1.32 bits per heavy atom. The van der Waals surface area contributed by atoms with E-state index in [0.717, 1.165) is 10.4 Å². The van der Waals surface area contributed by atoms with Crippen LogP contribution >= 0.6 is 34.3 Å². The van der Waals surface area contributed by atoms with Crippen molar-refractivity contribution in [2.75, 3.05) is 17.9 Å². The maximum atomic E-state index is 11.5. The van der Waals surface area contributed by atoms with Gasteiger partial charge < -0.3 is 4.74 Å². The lowest BCUT2D eigenvalue weighted by atomic mass is 10.2. The van der Waals surface area contributed by atoms with Crippen LogP contribution in [0, 0.1) is 0 Å². The number of nitrogens with zero attached hydrogens (tertiary/aromatic N) is 2. The van der Waals surface area contributed by atoms with Crippen molar-refractivity contribution in [2.45, 2.75) is 0 Å². The smallest absolute Gasteiger partial charge is 0.412 e. The third-order valence-electron chi connectivity index (χ3n) is 3.05. The summed E-state index contributed by atoms with van der Waals surface area (Å²) in [5.74, 6) is 0. The number of carbonyl (C=O) groups excluding carboxylic acids is 1. The molecule has 0 aliphatic carbocycles. The fraction of sp³-hybridized carbons (Fsp3) is 0.0625. The van der Waals surface area contributed by atoms with Crippen LogP contribution in [0.5, 0.6) is 0 Å². The van der Waals surface area contributed by atoms with E-state index in [4.69, 9.17) is 11.6 Å². The summed E-state index contributed by atoms with van der Waals surface area (Å²) in [4.78, 5) is 17.0. The van der Waals surface area contributed by atoms with Crippen molar-refractivity contribution in [1.82, 2.24) is 4.98 Å². The second-order valence-corrected chi connectivity index (χ2v) is 7.04. The van der Waals surface area contributed by atoms with Gasteiger partial charge in [-0.2, -0.15) is 5.10 Å². The Bertz CT molecular complexity index is 893. The Morgan fingerprint density at radius 3 is 2.88 bits per heavy atom. The molecule has 0 spiro atoms. The highest BCUT2D eigenvalue weighted by Crippen LogP contribution is 2.38. The quantitative estimate of drug-likeness (QED) is 0.465. The maximum Gasteiger partial charge on any atom is 0.412 e. The van der Waals surface area contributed by atoms with E-state index in [9.17, 15) is 4.79 Å². The molecular weight excluding hydrogens is 380 g/mol. The number of nitrogens with one attached hydrogen (secondary N) is 2. The summed E-state index contributed by atoms with van der Waals surface area (Å²) in [5.41, 5.74) is 4.32. The number of halogens is 1. The normalized spacial score (nSPS) is 10.8. The topological polar surface area (TPSA) is 75.6 Å². The molecule has 1 aromatic carbocycles. The molecule has 0 saturated heterocycles. The van der Waals surface area contributed by atoms with E-state index in [1.54, 1.807) is 12.3 Å². The first kappa shape index (κ1) is 17.4. The van der Waals surface area contributed by atoms with Crippen LogP contribution in [0.2, 0.25) is 5.02 Å². The van der Waals surface area contributed by atoms with Crippen LogP contribution in [0.1, 0.15) is 5.56 Å². The highest BCUT2D eigenvalue weighted by atomic mass is 35.5. The van der Waals surface area contributed by atoms with Crippen molar-refractivity contribution in [3.05, 3.63) is 52.4 Å². The molecule has 1 amide bonds. The summed E-state index contributed by atoms with van der Waals surface area (Å²) in [5, 5.41) is 10.5. The lowest BCUT2D eigenvalue weighted by Gasteiger charge is -2.01. The average molecular weight is 393 g/mol. The fourth-order valence-electron chi connectivity index (χ4n) is 1.91. The molecule has 9 heteroatoms. The fourth-order valence-corrected chi connectivity index (χ4v) is 3.70. The summed E-state index contributed by atoms with van der Waals surface area (Å²) in [6.07, 6.45) is 1.06. The molecule has 0 bridgehead atoms. The van der Waals surface area contributed by atoms with E-state index in [-0.39, 0.29) is 0 Å². The Hall–Kier alpha value is -2.42. The van der Waals surface area contributed by atoms with Crippen LogP contribution in [-0.2, 0) is 4.74 Å². The van der Waals surface area contributed by atoms with Gasteiger partial charge in [0.1, 0.15) is 10.7 Å². The SMILES string of the molecule is COC(=O)Nc1sc(N/N=C/c2ccccc2Cl)nc1-c1cccs1. The molecule has 0 aliphatic heterocycles. The van der Waals surface area contributed by atoms with E-state index < -0.39 is 6.09 Å². The molecule has 25 heavy (non-hydrogen) atoms. The minimum Gasteiger partial charge on any atom is -0.453 e. The summed E-state index contributed by atoms with van der Waals surface area (Å²) >= 11 is 8.88. The zero-order chi connectivity index (χ0) is 17.6. The molecule has 0 unspecified atom stereocenters. The Labute approximate surface area is 157 Å². The van der Waals surface area contributed by atoms with Crippen LogP contribution in [-0.4, -0.2) is 24.4 Å². The van der Waals surface area contributed by atoms with Crippen LogP contribution in [0.15, 0.2) is 46.9 Å². The van der Waals surface area contributed by atoms with Crippen molar-refractivity contribution < 1.29 is 9.53 Å². The summed E-state index contributed by atoms with van der Waals surface area (Å²) in [6.45, 7) is 0. The summed E-state index contributed by atoms with van der Waals surface area (Å²) < 4.78 is 4.66. The number of amides is 1. The van der Waals surface area contributed by atoms with Crippen molar-refractivity contribution in [3.63, 3.8) is 0 Å². The number of carbonyl (C=O) groups is 1. The third-order valence-corrected chi connectivity index (χ3v) is 5.15. The largest absolute Gasteiger partial charge is 0.453 e. The molecule has 0 radical (unpaired) electrons. The number of ether oxygens (including phenoxy) is 1. The first-order valence-electron chi connectivity index (χ1n) is 7.10. The van der Waals surface area contributed by atoms with E-state index in [1.165, 1.54) is 29.8 Å². The Kier molecular flexibility index (Phi) is 5.64. The average Bonchev–Trinajstić information content (AvgIpc) is 3.26. The molecule has 128 valence electrons. The molecule has 2 N–H and O–H groups in total. The number of benzene rings is 1. The predicted octanol–water partition coefficient (Wildman–Crippen LogP) is 5.15. The highest BCUT2D eigenvalue weighted by Gasteiger charge is 2.16. The predicted molar refractivity (Wildman–Crippen MR) is 104 cm³/mol.